The van der Waals surface area contributed by atoms with Crippen LogP contribution in [0, 0.1) is 12.3 Å². The molecule has 0 N–H and O–H groups in total. The van der Waals surface area contributed by atoms with Gasteiger partial charge in [0.05, 0.1) is 6.10 Å². The van der Waals surface area contributed by atoms with E-state index in [0.29, 0.717) is 0 Å². The second kappa shape index (κ2) is 6.60. The van der Waals surface area contributed by atoms with Crippen LogP contribution in [0.4, 0.5) is 0 Å². The largest absolute Gasteiger partial charge is 1.00 e. The molecule has 1 atom stereocenters. The molecule has 0 amide bonds. The first-order valence-electron chi connectivity index (χ1n) is 4.45. The number of hydrogen-bond acceptors (Lipinski definition) is 1. The Labute approximate surface area is 98.0 Å². The van der Waals surface area contributed by atoms with Crippen LogP contribution < -0.4 is 23.6 Å². The number of rotatable bonds is 3. The molecule has 0 aliphatic rings. The third-order valence-electron chi connectivity index (χ3n) is 1.91. The molecule has 0 heterocycles. The minimum Gasteiger partial charge on any atom is -0.491 e. The van der Waals surface area contributed by atoms with Crippen molar-refractivity contribution in [2.45, 2.75) is 26.4 Å². The summed E-state index contributed by atoms with van der Waals surface area (Å²) in [6.45, 7) is 4.13. The van der Waals surface area contributed by atoms with Gasteiger partial charge in [0.25, 0.3) is 0 Å². The summed E-state index contributed by atoms with van der Waals surface area (Å²) in [5.41, 5.74) is 0.775. The fourth-order valence-electron chi connectivity index (χ4n) is 0.932. The third kappa shape index (κ3) is 3.92. The Morgan fingerprint density at radius 3 is 2.36 bits per heavy atom. The Morgan fingerprint density at radius 2 is 1.93 bits per heavy atom. The molecule has 0 fully saturated rings. The molecule has 0 radical (unpaired) electrons. The van der Waals surface area contributed by atoms with Crippen molar-refractivity contribution in [1.82, 2.24) is 0 Å². The molecule has 68 valence electrons. The van der Waals surface area contributed by atoms with Crippen molar-refractivity contribution in [3.05, 3.63) is 36.3 Å². The summed E-state index contributed by atoms with van der Waals surface area (Å²) in [5.74, 6) is 3.17. The monoisotopic (exact) mass is 180 g/mol. The van der Waals surface area contributed by atoms with E-state index >= 15 is 0 Å². The zero-order valence-corrected chi connectivity index (χ0v) is 9.00. The maximum Gasteiger partial charge on any atom is 1.00 e. The first kappa shape index (κ1) is 13.2. The van der Waals surface area contributed by atoms with Crippen LogP contribution in [-0.2, 0) is 0 Å². The fourth-order valence-corrected chi connectivity index (χ4v) is 0.932. The molecule has 1 aromatic carbocycles. The molecular weight excluding hydrogens is 167 g/mol. The minimum absolute atomic E-state index is 0. The van der Waals surface area contributed by atoms with E-state index in [2.05, 4.69) is 12.8 Å². The molecule has 0 saturated carbocycles. The Morgan fingerprint density at radius 1 is 1.36 bits per heavy atom. The summed E-state index contributed by atoms with van der Waals surface area (Å²) in [4.78, 5) is 0. The van der Waals surface area contributed by atoms with Crippen LogP contribution in [0.25, 0.3) is 0 Å². The summed E-state index contributed by atoms with van der Waals surface area (Å²) >= 11 is 0. The van der Waals surface area contributed by atoms with Gasteiger partial charge in [-0.05, 0) is 25.5 Å². The Kier molecular flexibility index (Phi) is 6.22. The summed E-state index contributed by atoms with van der Waals surface area (Å²) < 4.78 is 5.57. The quantitative estimate of drug-likeness (QED) is 0.356. The average Bonchev–Trinajstić information content (AvgIpc) is 2.19. The predicted molar refractivity (Wildman–Crippen MR) is 53.1 cm³/mol. The van der Waals surface area contributed by atoms with Gasteiger partial charge in [0.1, 0.15) is 5.75 Å². The molecule has 1 rings (SSSR count). The molecule has 1 aromatic rings. The zero-order chi connectivity index (χ0) is 9.68. The molecule has 0 aliphatic heterocycles. The second-order valence-corrected chi connectivity index (χ2v) is 2.99. The van der Waals surface area contributed by atoms with Crippen molar-refractivity contribution >= 4 is 0 Å². The number of hydrogen-bond donors (Lipinski definition) is 0. The maximum atomic E-state index is 6.90. The van der Waals surface area contributed by atoms with Crippen LogP contribution in [0.15, 0.2) is 24.3 Å². The third-order valence-corrected chi connectivity index (χ3v) is 1.91. The van der Waals surface area contributed by atoms with Gasteiger partial charge in [0.2, 0.25) is 0 Å². The molecule has 0 aliphatic carbocycles. The molecule has 2 heteroatoms. The minimum atomic E-state index is 0. The van der Waals surface area contributed by atoms with Crippen LogP contribution in [0.5, 0.6) is 5.75 Å². The van der Waals surface area contributed by atoms with Crippen LogP contribution in [0.1, 0.15) is 25.8 Å². The van der Waals surface area contributed by atoms with Gasteiger partial charge >= 0.3 is 18.9 Å². The van der Waals surface area contributed by atoms with Gasteiger partial charge in [0, 0.05) is 0 Å². The van der Waals surface area contributed by atoms with E-state index in [1.807, 2.05) is 31.2 Å². The van der Waals surface area contributed by atoms with Crippen LogP contribution >= 0.6 is 0 Å². The smallest absolute Gasteiger partial charge is 0.491 e. The SMILES string of the molecule is [C-]#Cc1ccc(OC(C)CC)cc1.[Li+]. The maximum absolute atomic E-state index is 6.90. The van der Waals surface area contributed by atoms with Crippen molar-refractivity contribution in [1.29, 1.82) is 0 Å². The van der Waals surface area contributed by atoms with Crippen molar-refractivity contribution in [3.63, 3.8) is 0 Å². The molecule has 0 spiro atoms. The van der Waals surface area contributed by atoms with E-state index < -0.39 is 0 Å². The molecule has 1 nitrogen and oxygen atoms in total. The predicted octanol–water partition coefficient (Wildman–Crippen LogP) is -0.194. The Hall–Kier alpha value is -0.823. The topological polar surface area (TPSA) is 9.23 Å². The van der Waals surface area contributed by atoms with Gasteiger partial charge < -0.3 is 11.2 Å². The van der Waals surface area contributed by atoms with Gasteiger partial charge in [-0.1, -0.05) is 6.92 Å². The van der Waals surface area contributed by atoms with Gasteiger partial charge in [-0.3, -0.25) is 5.92 Å². The van der Waals surface area contributed by atoms with E-state index in [-0.39, 0.29) is 25.0 Å². The van der Waals surface area contributed by atoms with Crippen molar-refractivity contribution < 1.29 is 23.6 Å². The zero-order valence-electron chi connectivity index (χ0n) is 9.00. The van der Waals surface area contributed by atoms with Gasteiger partial charge in [-0.25, -0.2) is 0 Å². The van der Waals surface area contributed by atoms with Crippen molar-refractivity contribution in [2.75, 3.05) is 0 Å². The molecule has 0 saturated heterocycles. The van der Waals surface area contributed by atoms with E-state index in [9.17, 15) is 0 Å². The Balaban J connectivity index is 0.00000169. The van der Waals surface area contributed by atoms with Crippen LogP contribution in [0.3, 0.4) is 0 Å². The van der Waals surface area contributed by atoms with Crippen LogP contribution in [-0.4, -0.2) is 6.10 Å². The van der Waals surface area contributed by atoms with E-state index in [1.165, 1.54) is 0 Å². The molecule has 1 unspecified atom stereocenters. The summed E-state index contributed by atoms with van der Waals surface area (Å²) in [6.07, 6.45) is 8.14. The van der Waals surface area contributed by atoms with Gasteiger partial charge in [-0.15, -0.1) is 17.7 Å². The standard InChI is InChI=1S/C12H13O.Li/c1-4-10(3)13-12-8-6-11(5-2)7-9-12;/h6-10H,4H2,1,3H3;/q-1;+1. The fraction of sp³-hybridized carbons (Fsp3) is 0.333. The van der Waals surface area contributed by atoms with Crippen molar-refractivity contribution in [2.24, 2.45) is 0 Å². The van der Waals surface area contributed by atoms with Crippen LogP contribution in [0.2, 0.25) is 0 Å². The number of ether oxygens (including phenoxy) is 1. The molecular formula is C12H13LiO. The molecule has 14 heavy (non-hydrogen) atoms. The van der Waals surface area contributed by atoms with Gasteiger partial charge in [0.15, 0.2) is 0 Å². The number of benzene rings is 1. The van der Waals surface area contributed by atoms with Crippen molar-refractivity contribution in [3.8, 4) is 11.7 Å². The molecule has 0 bridgehead atoms. The van der Waals surface area contributed by atoms with E-state index in [1.54, 1.807) is 0 Å². The second-order valence-electron chi connectivity index (χ2n) is 2.99. The summed E-state index contributed by atoms with van der Waals surface area (Å²) in [6, 6.07) is 7.38. The van der Waals surface area contributed by atoms with E-state index in [0.717, 1.165) is 17.7 Å². The first-order valence-corrected chi connectivity index (χ1v) is 4.45. The molecule has 0 aromatic heterocycles. The Bertz CT molecular complexity index is 297. The summed E-state index contributed by atoms with van der Waals surface area (Å²) in [5, 5.41) is 0. The average molecular weight is 180 g/mol. The van der Waals surface area contributed by atoms with E-state index in [4.69, 9.17) is 11.2 Å². The normalized spacial score (nSPS) is 10.9. The van der Waals surface area contributed by atoms with Gasteiger partial charge in [-0.2, -0.15) is 0 Å². The summed E-state index contributed by atoms with van der Waals surface area (Å²) in [7, 11) is 0. The first-order chi connectivity index (χ1) is 6.26.